The summed E-state index contributed by atoms with van der Waals surface area (Å²) in [5, 5.41) is 0.367. The van der Waals surface area contributed by atoms with Gasteiger partial charge in [0.05, 0.1) is 17.9 Å². The summed E-state index contributed by atoms with van der Waals surface area (Å²) in [5.74, 6) is -1.01. The number of thioether (sulfide) groups is 1. The molecule has 0 saturated heterocycles. The van der Waals surface area contributed by atoms with Crippen molar-refractivity contribution in [1.82, 2.24) is 14.9 Å². The summed E-state index contributed by atoms with van der Waals surface area (Å²) in [7, 11) is 3.46. The molecule has 2 aromatic rings. The number of amides is 1. The highest BCUT2D eigenvalue weighted by Gasteiger charge is 2.78. The second-order valence-corrected chi connectivity index (χ2v) is 10.8. The van der Waals surface area contributed by atoms with E-state index < -0.39 is 28.9 Å². The lowest BCUT2D eigenvalue weighted by molar-refractivity contribution is -0.154. The Balaban J connectivity index is 1.40. The predicted molar refractivity (Wildman–Crippen MR) is 128 cm³/mol. The van der Waals surface area contributed by atoms with Gasteiger partial charge < -0.3 is 15.4 Å². The zero-order valence-corrected chi connectivity index (χ0v) is 20.5. The van der Waals surface area contributed by atoms with Crippen molar-refractivity contribution in [3.05, 3.63) is 53.0 Å². The Morgan fingerprint density at radius 2 is 2.06 bits per heavy atom. The molecule has 190 valence electrons. The summed E-state index contributed by atoms with van der Waals surface area (Å²) >= 11 is 1.33. The van der Waals surface area contributed by atoms with Gasteiger partial charge in [-0.15, -0.1) is 0 Å². The maximum atomic E-state index is 14.9. The second-order valence-electron chi connectivity index (χ2n) is 9.46. The van der Waals surface area contributed by atoms with Crippen LogP contribution in [0.2, 0.25) is 0 Å². The first-order valence-corrected chi connectivity index (χ1v) is 12.0. The van der Waals surface area contributed by atoms with Crippen LogP contribution >= 0.6 is 11.8 Å². The third-order valence-electron chi connectivity index (χ3n) is 6.98. The van der Waals surface area contributed by atoms with Crippen molar-refractivity contribution < 1.29 is 27.1 Å². The van der Waals surface area contributed by atoms with E-state index in [4.69, 9.17) is 10.7 Å². The van der Waals surface area contributed by atoms with Gasteiger partial charge in [0.25, 0.3) is 0 Å². The fraction of sp³-hybridized carbons (Fsp3) is 0.417. The molecule has 4 atom stereocenters. The molecule has 2 aliphatic carbocycles. The van der Waals surface area contributed by atoms with Gasteiger partial charge in [0, 0.05) is 26.4 Å². The first-order chi connectivity index (χ1) is 16.9. The third kappa shape index (κ3) is 3.82. The van der Waals surface area contributed by atoms with Gasteiger partial charge in [-0.3, -0.25) is 9.79 Å². The number of nitrogens with zero attached hydrogens (tertiary/aromatic N) is 4. The Morgan fingerprint density at radius 3 is 2.69 bits per heavy atom. The molecule has 3 aliphatic rings. The van der Waals surface area contributed by atoms with Gasteiger partial charge in [-0.05, 0) is 34.8 Å². The average Bonchev–Trinajstić information content (AvgIpc) is 3.41. The summed E-state index contributed by atoms with van der Waals surface area (Å²) in [6.45, 7) is 0.528. The number of alkyl halides is 3. The molecule has 1 amide bonds. The van der Waals surface area contributed by atoms with Crippen LogP contribution in [0.15, 0.2) is 35.6 Å². The van der Waals surface area contributed by atoms with Crippen molar-refractivity contribution in [3.8, 4) is 5.88 Å². The molecule has 2 N–H and O–H groups in total. The molecular formula is C24H23F4N5O2S. The number of fused-ring (bicyclic) bond motifs is 4. The number of hydrogen-bond acceptors (Lipinski definition) is 7. The smallest absolute Gasteiger partial charge is 0.422 e. The summed E-state index contributed by atoms with van der Waals surface area (Å²) in [5.41, 5.74) is 7.97. The molecule has 1 aromatic heterocycles. The fourth-order valence-corrected chi connectivity index (χ4v) is 7.03. The number of carbonyl (C=O) groups excluding carboxylic acids is 1. The minimum Gasteiger partial charge on any atom is -0.467 e. The number of halogens is 4. The zero-order valence-electron chi connectivity index (χ0n) is 19.6. The van der Waals surface area contributed by atoms with E-state index in [0.717, 1.165) is 23.5 Å². The summed E-state index contributed by atoms with van der Waals surface area (Å²) < 4.78 is 55.6. The third-order valence-corrected chi connectivity index (χ3v) is 8.42. The van der Waals surface area contributed by atoms with Gasteiger partial charge >= 0.3 is 6.18 Å². The van der Waals surface area contributed by atoms with Crippen molar-refractivity contribution >= 4 is 34.7 Å². The van der Waals surface area contributed by atoms with E-state index in [1.54, 1.807) is 25.1 Å². The minimum absolute atomic E-state index is 0.0130. The molecule has 0 radical (unpaired) electrons. The standard InChI is InChI=1S/C24H23F4N5O2S/c1-12-19-22(32-21(29)36-24(12,19)20(34)33(2)3)8-14-5-4-13(6-15(14)22)7-16(25)17-9-31-18(10-30-17)35-11-23(26,27)28/h4-7,9-10,12,19H,8,11H2,1-3H3,(H2,29,32)/b16-7-/t12?,19?,22-,24+/m1/s1. The van der Waals surface area contributed by atoms with Gasteiger partial charge in [0.15, 0.2) is 17.6 Å². The normalized spacial score (nSPS) is 28.5. The van der Waals surface area contributed by atoms with Crippen LogP contribution in [-0.2, 0) is 16.8 Å². The maximum absolute atomic E-state index is 14.9. The van der Waals surface area contributed by atoms with Crippen LogP contribution in [0.4, 0.5) is 17.6 Å². The maximum Gasteiger partial charge on any atom is 0.422 e. The number of aromatic nitrogens is 2. The summed E-state index contributed by atoms with van der Waals surface area (Å²) in [4.78, 5) is 27.0. The lowest BCUT2D eigenvalue weighted by Gasteiger charge is -2.45. The average molecular weight is 522 g/mol. The molecular weight excluding hydrogens is 498 g/mol. The molecule has 0 bridgehead atoms. The molecule has 36 heavy (non-hydrogen) atoms. The van der Waals surface area contributed by atoms with E-state index in [1.165, 1.54) is 17.8 Å². The van der Waals surface area contributed by atoms with Crippen molar-refractivity contribution in [2.24, 2.45) is 22.6 Å². The molecule has 1 aromatic carbocycles. The van der Waals surface area contributed by atoms with Crippen LogP contribution in [0.3, 0.4) is 0 Å². The Kier molecular flexibility index (Phi) is 5.58. The van der Waals surface area contributed by atoms with E-state index in [2.05, 4.69) is 14.7 Å². The molecule has 1 saturated carbocycles. The van der Waals surface area contributed by atoms with Crippen LogP contribution in [0, 0.1) is 11.8 Å². The molecule has 12 heteroatoms. The SMILES string of the molecule is CC1C2[C@@]1(C(=O)N(C)C)SC(N)=N[C@@]21Cc2ccc(/C=C(\F)c3cnc(OCC(F)(F)F)cn3)cc21. The van der Waals surface area contributed by atoms with E-state index in [-0.39, 0.29) is 29.3 Å². The van der Waals surface area contributed by atoms with E-state index in [0.29, 0.717) is 17.2 Å². The first kappa shape index (κ1) is 24.5. The molecule has 2 heterocycles. The van der Waals surface area contributed by atoms with E-state index in [9.17, 15) is 22.4 Å². The van der Waals surface area contributed by atoms with Crippen LogP contribution in [0.5, 0.6) is 5.88 Å². The largest absolute Gasteiger partial charge is 0.467 e. The van der Waals surface area contributed by atoms with Crippen LogP contribution in [-0.4, -0.2) is 57.6 Å². The molecule has 1 aliphatic heterocycles. The van der Waals surface area contributed by atoms with Gasteiger partial charge in [-0.1, -0.05) is 30.8 Å². The Hall–Kier alpha value is -3.15. The molecule has 7 nitrogen and oxygen atoms in total. The highest BCUT2D eigenvalue weighted by atomic mass is 32.2. The summed E-state index contributed by atoms with van der Waals surface area (Å²) in [6, 6.07) is 5.50. The van der Waals surface area contributed by atoms with Crippen molar-refractivity contribution in [3.63, 3.8) is 0 Å². The van der Waals surface area contributed by atoms with Crippen molar-refractivity contribution in [1.29, 1.82) is 0 Å². The van der Waals surface area contributed by atoms with Gasteiger partial charge in [0.2, 0.25) is 11.8 Å². The zero-order chi connectivity index (χ0) is 26.0. The fourth-order valence-electron chi connectivity index (χ4n) is 5.43. The highest BCUT2D eigenvalue weighted by Crippen LogP contribution is 2.73. The Morgan fingerprint density at radius 1 is 1.31 bits per heavy atom. The predicted octanol–water partition coefficient (Wildman–Crippen LogP) is 3.79. The van der Waals surface area contributed by atoms with Crippen LogP contribution in [0.25, 0.3) is 11.9 Å². The molecule has 5 rings (SSSR count). The van der Waals surface area contributed by atoms with Crippen LogP contribution < -0.4 is 10.5 Å². The van der Waals surface area contributed by atoms with Gasteiger partial charge in [0.1, 0.15) is 10.4 Å². The minimum atomic E-state index is -4.51. The number of amidine groups is 1. The number of carbonyl (C=O) groups is 1. The van der Waals surface area contributed by atoms with E-state index >= 15 is 0 Å². The number of rotatable bonds is 5. The number of hydrogen-bond donors (Lipinski definition) is 1. The molecule has 2 unspecified atom stereocenters. The number of ether oxygens (including phenoxy) is 1. The van der Waals surface area contributed by atoms with Crippen molar-refractivity contribution in [2.45, 2.75) is 29.8 Å². The number of aliphatic imine (C=N–C) groups is 1. The number of benzene rings is 1. The van der Waals surface area contributed by atoms with Gasteiger partial charge in [-0.25, -0.2) is 14.4 Å². The topological polar surface area (TPSA) is 93.7 Å². The quantitative estimate of drug-likeness (QED) is 0.602. The highest BCUT2D eigenvalue weighted by molar-refractivity contribution is 8.15. The second kappa shape index (κ2) is 8.19. The van der Waals surface area contributed by atoms with E-state index in [1.807, 2.05) is 19.1 Å². The summed E-state index contributed by atoms with van der Waals surface area (Å²) in [6.07, 6.45) is -0.643. The monoisotopic (exact) mass is 521 g/mol. The lowest BCUT2D eigenvalue weighted by Crippen LogP contribution is -2.49. The lowest BCUT2D eigenvalue weighted by atomic mass is 9.66. The molecule has 1 fully saturated rings. The van der Waals surface area contributed by atoms with Gasteiger partial charge in [-0.2, -0.15) is 13.2 Å². The first-order valence-electron chi connectivity index (χ1n) is 11.2. The number of nitrogens with two attached hydrogens (primary N) is 1. The Bertz CT molecular complexity index is 1300. The molecule has 1 spiro atoms. The van der Waals surface area contributed by atoms with Crippen molar-refractivity contribution in [2.75, 3.05) is 20.7 Å². The van der Waals surface area contributed by atoms with Crippen LogP contribution in [0.1, 0.15) is 29.3 Å². The Labute approximate surface area is 208 Å².